The molecular formula is C15H13ClO4S. The van der Waals surface area contributed by atoms with Gasteiger partial charge in [0, 0.05) is 5.56 Å². The van der Waals surface area contributed by atoms with Crippen molar-refractivity contribution in [2.45, 2.75) is 19.4 Å². The van der Waals surface area contributed by atoms with Crippen molar-refractivity contribution in [1.29, 1.82) is 0 Å². The SMILES string of the molecule is CC(C)(Oc1cccc(C(=O)c2ccc(Cl)s2)c1)C(=O)O. The molecule has 1 aromatic carbocycles. The van der Waals surface area contributed by atoms with E-state index in [0.29, 0.717) is 20.5 Å². The number of ether oxygens (including phenoxy) is 1. The largest absolute Gasteiger partial charge is 0.478 e. The van der Waals surface area contributed by atoms with E-state index in [0.717, 1.165) is 0 Å². The van der Waals surface area contributed by atoms with Crippen LogP contribution in [0.25, 0.3) is 0 Å². The molecule has 0 saturated heterocycles. The lowest BCUT2D eigenvalue weighted by Crippen LogP contribution is -2.37. The Hall–Kier alpha value is -1.85. The normalized spacial score (nSPS) is 11.2. The van der Waals surface area contributed by atoms with Crippen LogP contribution < -0.4 is 4.74 Å². The first-order valence-electron chi connectivity index (χ1n) is 6.12. The highest BCUT2D eigenvalue weighted by Gasteiger charge is 2.29. The molecule has 0 aliphatic rings. The van der Waals surface area contributed by atoms with Crippen LogP contribution in [0.2, 0.25) is 4.34 Å². The van der Waals surface area contributed by atoms with Crippen LogP contribution >= 0.6 is 22.9 Å². The summed E-state index contributed by atoms with van der Waals surface area (Å²) in [6.45, 7) is 2.89. The van der Waals surface area contributed by atoms with Gasteiger partial charge in [-0.2, -0.15) is 0 Å². The van der Waals surface area contributed by atoms with E-state index in [1.54, 1.807) is 30.3 Å². The molecule has 0 saturated carbocycles. The van der Waals surface area contributed by atoms with Gasteiger partial charge in [-0.25, -0.2) is 4.79 Å². The van der Waals surface area contributed by atoms with Gasteiger partial charge in [-0.15, -0.1) is 11.3 Å². The van der Waals surface area contributed by atoms with Gasteiger partial charge in [0.05, 0.1) is 9.21 Å². The second kappa shape index (κ2) is 5.87. The molecule has 1 aromatic heterocycles. The predicted molar refractivity (Wildman–Crippen MR) is 81.5 cm³/mol. The molecule has 6 heteroatoms. The molecule has 0 aliphatic carbocycles. The third-order valence-corrected chi connectivity index (χ3v) is 4.01. The van der Waals surface area contributed by atoms with Crippen LogP contribution in [0.1, 0.15) is 29.1 Å². The molecule has 0 radical (unpaired) electrons. The van der Waals surface area contributed by atoms with E-state index in [4.69, 9.17) is 21.4 Å². The number of thiophene rings is 1. The molecule has 21 heavy (non-hydrogen) atoms. The van der Waals surface area contributed by atoms with E-state index < -0.39 is 11.6 Å². The first kappa shape index (κ1) is 15.5. The zero-order valence-corrected chi connectivity index (χ0v) is 13.0. The highest BCUT2D eigenvalue weighted by atomic mass is 35.5. The van der Waals surface area contributed by atoms with Gasteiger partial charge in [0.25, 0.3) is 0 Å². The van der Waals surface area contributed by atoms with Gasteiger partial charge in [0.1, 0.15) is 5.75 Å². The fraction of sp³-hybridized carbons (Fsp3) is 0.200. The van der Waals surface area contributed by atoms with Crippen molar-refractivity contribution in [2.24, 2.45) is 0 Å². The molecule has 2 aromatic rings. The molecule has 1 N–H and O–H groups in total. The molecule has 110 valence electrons. The Balaban J connectivity index is 2.26. The summed E-state index contributed by atoms with van der Waals surface area (Å²) in [5.41, 5.74) is -0.944. The topological polar surface area (TPSA) is 63.6 Å². The molecule has 0 spiro atoms. The van der Waals surface area contributed by atoms with Crippen molar-refractivity contribution in [3.8, 4) is 5.75 Å². The number of ketones is 1. The minimum absolute atomic E-state index is 0.175. The van der Waals surface area contributed by atoms with E-state index in [2.05, 4.69) is 0 Å². The molecule has 2 rings (SSSR count). The summed E-state index contributed by atoms with van der Waals surface area (Å²) in [5, 5.41) is 9.06. The summed E-state index contributed by atoms with van der Waals surface area (Å²) >= 11 is 7.02. The minimum Gasteiger partial charge on any atom is -0.478 e. The maximum absolute atomic E-state index is 12.3. The lowest BCUT2D eigenvalue weighted by Gasteiger charge is -2.21. The number of benzene rings is 1. The first-order chi connectivity index (χ1) is 9.79. The number of aliphatic carboxylic acids is 1. The second-order valence-corrected chi connectivity index (χ2v) is 6.59. The minimum atomic E-state index is -1.37. The first-order valence-corrected chi connectivity index (χ1v) is 7.31. The Bertz CT molecular complexity index is 690. The number of halogens is 1. The van der Waals surface area contributed by atoms with E-state index in [1.165, 1.54) is 31.3 Å². The van der Waals surface area contributed by atoms with E-state index in [-0.39, 0.29) is 5.78 Å². The van der Waals surface area contributed by atoms with Gasteiger partial charge >= 0.3 is 5.97 Å². The Morgan fingerprint density at radius 1 is 1.24 bits per heavy atom. The quantitative estimate of drug-likeness (QED) is 0.848. The fourth-order valence-corrected chi connectivity index (χ4v) is 2.62. The van der Waals surface area contributed by atoms with Crippen LogP contribution in [-0.2, 0) is 4.79 Å². The summed E-state index contributed by atoms with van der Waals surface area (Å²) in [7, 11) is 0. The zero-order valence-electron chi connectivity index (χ0n) is 11.4. The van der Waals surface area contributed by atoms with Gasteiger partial charge in [-0.05, 0) is 38.1 Å². The van der Waals surface area contributed by atoms with Gasteiger partial charge in [-0.1, -0.05) is 23.7 Å². The number of carboxylic acids is 1. The molecule has 0 unspecified atom stereocenters. The van der Waals surface area contributed by atoms with Crippen molar-refractivity contribution in [3.63, 3.8) is 0 Å². The molecule has 1 heterocycles. The molecular weight excluding hydrogens is 312 g/mol. The van der Waals surface area contributed by atoms with Crippen molar-refractivity contribution in [3.05, 3.63) is 51.2 Å². The Labute approximate surface area is 130 Å². The highest BCUT2D eigenvalue weighted by Crippen LogP contribution is 2.26. The van der Waals surface area contributed by atoms with E-state index in [1.807, 2.05) is 0 Å². The van der Waals surface area contributed by atoms with Crippen molar-refractivity contribution in [2.75, 3.05) is 0 Å². The third-order valence-electron chi connectivity index (χ3n) is 2.78. The zero-order chi connectivity index (χ0) is 15.6. The standard InChI is InChI=1S/C15H13ClO4S/c1-15(2,14(18)19)20-10-5-3-4-9(8-10)13(17)11-6-7-12(16)21-11/h3-8H,1-2H3,(H,18,19). The van der Waals surface area contributed by atoms with Crippen LogP contribution in [0.5, 0.6) is 5.75 Å². The smallest absolute Gasteiger partial charge is 0.347 e. The number of hydrogen-bond acceptors (Lipinski definition) is 4. The van der Waals surface area contributed by atoms with Gasteiger partial charge in [-0.3, -0.25) is 4.79 Å². The van der Waals surface area contributed by atoms with Crippen LogP contribution in [-0.4, -0.2) is 22.5 Å². The summed E-state index contributed by atoms with van der Waals surface area (Å²) in [5.74, 6) is -0.925. The molecule has 0 atom stereocenters. The summed E-state index contributed by atoms with van der Waals surface area (Å²) in [6.07, 6.45) is 0. The van der Waals surface area contributed by atoms with Crippen LogP contribution in [0.4, 0.5) is 0 Å². The maximum atomic E-state index is 12.3. The van der Waals surface area contributed by atoms with Gasteiger partial charge in [0.2, 0.25) is 5.78 Å². The summed E-state index contributed by atoms with van der Waals surface area (Å²) in [6, 6.07) is 9.76. The van der Waals surface area contributed by atoms with Crippen LogP contribution in [0.15, 0.2) is 36.4 Å². The second-order valence-electron chi connectivity index (χ2n) is 4.88. The maximum Gasteiger partial charge on any atom is 0.347 e. The highest BCUT2D eigenvalue weighted by molar-refractivity contribution is 7.18. The average Bonchev–Trinajstić information content (AvgIpc) is 2.84. The number of carbonyl (C=O) groups excluding carboxylic acids is 1. The average molecular weight is 325 g/mol. The summed E-state index contributed by atoms with van der Waals surface area (Å²) < 4.78 is 5.96. The molecule has 0 aliphatic heterocycles. The number of carboxylic acid groups (broad SMARTS) is 1. The molecule has 0 fully saturated rings. The summed E-state index contributed by atoms with van der Waals surface area (Å²) in [4.78, 5) is 23.9. The molecule has 4 nitrogen and oxygen atoms in total. The fourth-order valence-electron chi connectivity index (χ4n) is 1.62. The van der Waals surface area contributed by atoms with E-state index in [9.17, 15) is 9.59 Å². The van der Waals surface area contributed by atoms with Crippen molar-refractivity contribution >= 4 is 34.7 Å². The molecule has 0 bridgehead atoms. The Kier molecular flexibility index (Phi) is 4.34. The third kappa shape index (κ3) is 3.62. The van der Waals surface area contributed by atoms with Crippen LogP contribution in [0.3, 0.4) is 0 Å². The Morgan fingerprint density at radius 3 is 2.52 bits per heavy atom. The predicted octanol–water partition coefficient (Wildman–Crippen LogP) is 3.87. The lowest BCUT2D eigenvalue weighted by molar-refractivity contribution is -0.152. The van der Waals surface area contributed by atoms with Gasteiger partial charge in [0.15, 0.2) is 5.60 Å². The lowest BCUT2D eigenvalue weighted by atomic mass is 10.1. The number of carbonyl (C=O) groups is 2. The monoisotopic (exact) mass is 324 g/mol. The molecule has 0 amide bonds. The van der Waals surface area contributed by atoms with Gasteiger partial charge < -0.3 is 9.84 Å². The van der Waals surface area contributed by atoms with Crippen molar-refractivity contribution < 1.29 is 19.4 Å². The Morgan fingerprint density at radius 2 is 1.95 bits per heavy atom. The van der Waals surface area contributed by atoms with Crippen molar-refractivity contribution in [1.82, 2.24) is 0 Å². The van der Waals surface area contributed by atoms with Crippen LogP contribution in [0, 0.1) is 0 Å². The number of rotatable bonds is 5. The number of hydrogen-bond donors (Lipinski definition) is 1. The van der Waals surface area contributed by atoms with E-state index >= 15 is 0 Å².